The number of aromatic nitrogens is 2. The first kappa shape index (κ1) is 14.2. The Morgan fingerprint density at radius 1 is 1.21 bits per heavy atom. The summed E-state index contributed by atoms with van der Waals surface area (Å²) >= 11 is 0. The first-order valence-corrected chi connectivity index (χ1v) is 8.42. The van der Waals surface area contributed by atoms with E-state index >= 15 is 0 Å². The molecule has 1 aromatic heterocycles. The molecule has 2 aromatic rings. The van der Waals surface area contributed by atoms with Crippen LogP contribution in [0.25, 0.3) is 11.4 Å². The lowest BCUT2D eigenvalue weighted by molar-refractivity contribution is 0.170. The molecule has 126 valence electrons. The Kier molecular flexibility index (Phi) is 3.24. The Balaban J connectivity index is 1.40. The lowest BCUT2D eigenvalue weighted by Crippen LogP contribution is -2.27. The van der Waals surface area contributed by atoms with Gasteiger partial charge in [0.05, 0.1) is 12.1 Å². The normalized spacial score (nSPS) is 26.2. The van der Waals surface area contributed by atoms with Crippen LogP contribution < -0.4 is 9.47 Å². The van der Waals surface area contributed by atoms with Gasteiger partial charge >= 0.3 is 0 Å². The van der Waals surface area contributed by atoms with E-state index in [2.05, 4.69) is 15.0 Å². The zero-order chi connectivity index (χ0) is 16.1. The Labute approximate surface area is 139 Å². The third-order valence-corrected chi connectivity index (χ3v) is 4.93. The molecule has 1 aliphatic carbocycles. The maximum Gasteiger partial charge on any atom is 0.244 e. The maximum atomic E-state index is 10.0. The van der Waals surface area contributed by atoms with Crippen molar-refractivity contribution in [2.75, 3.05) is 19.9 Å². The van der Waals surface area contributed by atoms with Crippen LogP contribution in [0.1, 0.15) is 31.2 Å². The molecule has 0 bridgehead atoms. The molecule has 0 radical (unpaired) electrons. The number of hydrogen-bond donors (Lipinski definition) is 1. The minimum absolute atomic E-state index is 0.0101. The largest absolute Gasteiger partial charge is 0.454 e. The smallest absolute Gasteiger partial charge is 0.244 e. The maximum absolute atomic E-state index is 10.0. The van der Waals surface area contributed by atoms with Crippen molar-refractivity contribution in [3.63, 3.8) is 0 Å². The summed E-state index contributed by atoms with van der Waals surface area (Å²) in [4.78, 5) is 6.85. The zero-order valence-electron chi connectivity index (χ0n) is 13.2. The summed E-state index contributed by atoms with van der Waals surface area (Å²) in [5, 5.41) is 14.2. The fourth-order valence-electron chi connectivity index (χ4n) is 3.49. The van der Waals surface area contributed by atoms with E-state index in [1.165, 1.54) is 12.8 Å². The molecular formula is C17H19N3O4. The molecule has 1 saturated heterocycles. The summed E-state index contributed by atoms with van der Waals surface area (Å²) in [6.07, 6.45) is 2.89. The van der Waals surface area contributed by atoms with Gasteiger partial charge < -0.3 is 19.1 Å². The van der Waals surface area contributed by atoms with Crippen molar-refractivity contribution >= 4 is 0 Å². The molecule has 24 heavy (non-hydrogen) atoms. The van der Waals surface area contributed by atoms with Crippen LogP contribution >= 0.6 is 0 Å². The fourth-order valence-corrected chi connectivity index (χ4v) is 3.49. The predicted octanol–water partition coefficient (Wildman–Crippen LogP) is 1.98. The van der Waals surface area contributed by atoms with E-state index in [0.717, 1.165) is 23.8 Å². The van der Waals surface area contributed by atoms with E-state index < -0.39 is 0 Å². The number of fused-ring (bicyclic) bond motifs is 1. The number of hydrogen-bond acceptors (Lipinski definition) is 7. The second kappa shape index (κ2) is 5.46. The molecular weight excluding hydrogens is 310 g/mol. The molecule has 3 aliphatic rings. The summed E-state index contributed by atoms with van der Waals surface area (Å²) < 4.78 is 16.2. The van der Waals surface area contributed by atoms with Crippen LogP contribution in [0.2, 0.25) is 0 Å². The second-order valence-corrected chi connectivity index (χ2v) is 6.83. The van der Waals surface area contributed by atoms with Gasteiger partial charge in [-0.1, -0.05) is 5.16 Å². The summed E-state index contributed by atoms with van der Waals surface area (Å²) in [5.74, 6) is 3.31. The Hall–Kier alpha value is -2.12. The SMILES string of the molecule is O[C@@H]1C[C@@H](c2nc(-c3ccc4c(c3)OCO4)no2)N(CC2CC2)C1. The van der Waals surface area contributed by atoms with Gasteiger partial charge in [-0.15, -0.1) is 0 Å². The predicted molar refractivity (Wildman–Crippen MR) is 83.5 cm³/mol. The number of rotatable bonds is 4. The minimum atomic E-state index is -0.324. The molecule has 3 heterocycles. The van der Waals surface area contributed by atoms with Crippen molar-refractivity contribution in [2.24, 2.45) is 5.92 Å². The summed E-state index contributed by atoms with van der Waals surface area (Å²) in [6, 6.07) is 5.62. The van der Waals surface area contributed by atoms with Gasteiger partial charge in [-0.05, 0) is 43.4 Å². The van der Waals surface area contributed by atoms with E-state index in [4.69, 9.17) is 14.0 Å². The van der Waals surface area contributed by atoms with Crippen molar-refractivity contribution in [1.29, 1.82) is 0 Å². The molecule has 1 aromatic carbocycles. The van der Waals surface area contributed by atoms with E-state index in [9.17, 15) is 5.11 Å². The van der Waals surface area contributed by atoms with E-state index in [1.807, 2.05) is 18.2 Å². The Morgan fingerprint density at radius 2 is 2.08 bits per heavy atom. The highest BCUT2D eigenvalue weighted by molar-refractivity contribution is 5.61. The molecule has 5 rings (SSSR count). The van der Waals surface area contributed by atoms with Gasteiger partial charge in [0.1, 0.15) is 0 Å². The summed E-state index contributed by atoms with van der Waals surface area (Å²) in [7, 11) is 0. The summed E-state index contributed by atoms with van der Waals surface area (Å²) in [6.45, 7) is 1.93. The lowest BCUT2D eigenvalue weighted by atomic mass is 10.2. The molecule has 2 atom stereocenters. The van der Waals surface area contributed by atoms with Gasteiger partial charge in [0, 0.05) is 18.7 Å². The van der Waals surface area contributed by atoms with Crippen molar-refractivity contribution in [2.45, 2.75) is 31.4 Å². The number of aliphatic hydroxyl groups excluding tert-OH is 1. The van der Waals surface area contributed by atoms with E-state index in [0.29, 0.717) is 30.4 Å². The minimum Gasteiger partial charge on any atom is -0.454 e. The van der Waals surface area contributed by atoms with E-state index in [1.54, 1.807) is 0 Å². The first-order valence-electron chi connectivity index (χ1n) is 8.42. The number of aliphatic hydroxyl groups is 1. The molecule has 2 fully saturated rings. The van der Waals surface area contributed by atoms with Crippen molar-refractivity contribution in [1.82, 2.24) is 15.0 Å². The summed E-state index contributed by atoms with van der Waals surface area (Å²) in [5.41, 5.74) is 0.835. The number of β-amino-alcohol motifs (C(OH)–C–C–N with tert-alkyl or cyclic N) is 1. The molecule has 7 nitrogen and oxygen atoms in total. The van der Waals surface area contributed by atoms with Gasteiger partial charge in [0.15, 0.2) is 11.5 Å². The zero-order valence-corrected chi connectivity index (χ0v) is 13.2. The van der Waals surface area contributed by atoms with Crippen LogP contribution in [0.3, 0.4) is 0 Å². The number of nitrogens with zero attached hydrogens (tertiary/aromatic N) is 3. The van der Waals surface area contributed by atoms with Crippen molar-refractivity contribution in [3.8, 4) is 22.9 Å². The monoisotopic (exact) mass is 329 g/mol. The van der Waals surface area contributed by atoms with Crippen LogP contribution in [0.15, 0.2) is 22.7 Å². The van der Waals surface area contributed by atoms with E-state index in [-0.39, 0.29) is 18.9 Å². The van der Waals surface area contributed by atoms with Gasteiger partial charge in [0.25, 0.3) is 0 Å². The quantitative estimate of drug-likeness (QED) is 0.918. The third kappa shape index (κ3) is 2.53. The van der Waals surface area contributed by atoms with Crippen molar-refractivity contribution in [3.05, 3.63) is 24.1 Å². The highest BCUT2D eigenvalue weighted by atomic mass is 16.7. The third-order valence-electron chi connectivity index (χ3n) is 4.93. The molecule has 1 saturated carbocycles. The molecule has 0 amide bonds. The molecule has 0 unspecified atom stereocenters. The standard InChI is InChI=1S/C17H19N3O4/c21-12-6-13(20(8-12)7-10-1-2-10)17-18-16(19-24-17)11-3-4-14-15(5-11)23-9-22-14/h3-5,10,12-13,21H,1-2,6-9H2/t12-,13+/m1/s1. The van der Waals surface area contributed by atoms with Crippen LogP contribution in [-0.2, 0) is 0 Å². The number of ether oxygens (including phenoxy) is 2. The number of benzene rings is 1. The van der Waals surface area contributed by atoms with Gasteiger partial charge in [-0.2, -0.15) is 4.98 Å². The highest BCUT2D eigenvalue weighted by Gasteiger charge is 2.38. The molecule has 7 heteroatoms. The topological polar surface area (TPSA) is 80.9 Å². The Morgan fingerprint density at radius 3 is 2.96 bits per heavy atom. The highest BCUT2D eigenvalue weighted by Crippen LogP contribution is 2.39. The van der Waals surface area contributed by atoms with Crippen LogP contribution in [0.4, 0.5) is 0 Å². The molecule has 1 N–H and O–H groups in total. The van der Waals surface area contributed by atoms with Crippen LogP contribution in [0.5, 0.6) is 11.5 Å². The average Bonchev–Trinajstić information content (AvgIpc) is 3.00. The van der Waals surface area contributed by atoms with Gasteiger partial charge in [0.2, 0.25) is 18.5 Å². The average molecular weight is 329 g/mol. The lowest BCUT2D eigenvalue weighted by Gasteiger charge is -2.20. The Bertz CT molecular complexity index is 758. The van der Waals surface area contributed by atoms with Crippen LogP contribution in [0, 0.1) is 5.92 Å². The van der Waals surface area contributed by atoms with Gasteiger partial charge in [-0.3, -0.25) is 4.90 Å². The molecule has 2 aliphatic heterocycles. The van der Waals surface area contributed by atoms with Gasteiger partial charge in [-0.25, -0.2) is 0 Å². The number of likely N-dealkylation sites (tertiary alicyclic amines) is 1. The van der Waals surface area contributed by atoms with Crippen molar-refractivity contribution < 1.29 is 19.1 Å². The first-order chi connectivity index (χ1) is 11.8. The fraction of sp³-hybridized carbons (Fsp3) is 0.529. The second-order valence-electron chi connectivity index (χ2n) is 6.83. The van der Waals surface area contributed by atoms with Crippen LogP contribution in [-0.4, -0.2) is 46.1 Å². The molecule has 0 spiro atoms.